The third-order valence-electron chi connectivity index (χ3n) is 2.71. The molecule has 104 valence electrons. The summed E-state index contributed by atoms with van der Waals surface area (Å²) >= 11 is 9.26. The van der Waals surface area contributed by atoms with Gasteiger partial charge in [0.2, 0.25) is 0 Å². The number of hydrogen-bond acceptors (Lipinski definition) is 4. The van der Waals surface area contributed by atoms with Crippen molar-refractivity contribution >= 4 is 38.9 Å². The van der Waals surface area contributed by atoms with E-state index in [2.05, 4.69) is 21.2 Å². The molecule has 0 spiro atoms. The molecule has 0 amide bonds. The van der Waals surface area contributed by atoms with Crippen LogP contribution in [-0.4, -0.2) is 10.0 Å². The highest BCUT2D eigenvalue weighted by Crippen LogP contribution is 2.30. The van der Waals surface area contributed by atoms with E-state index >= 15 is 0 Å². The number of rotatable bonds is 4. The number of benzene rings is 2. The molecule has 0 bridgehead atoms. The van der Waals surface area contributed by atoms with Crippen LogP contribution in [0.1, 0.15) is 5.56 Å². The molecule has 0 aliphatic carbocycles. The first-order valence-corrected chi connectivity index (χ1v) is 6.80. The van der Waals surface area contributed by atoms with Crippen LogP contribution in [0.4, 0.5) is 11.4 Å². The van der Waals surface area contributed by atoms with Gasteiger partial charge in [0.25, 0.3) is 5.69 Å². The SMILES string of the molecule is O=[N+]([O-])c1ccc(NCc2c(O)cccc2Cl)c(Br)c1. The Kier molecular flexibility index (Phi) is 4.46. The van der Waals surface area contributed by atoms with Crippen molar-refractivity contribution in [3.8, 4) is 5.75 Å². The van der Waals surface area contributed by atoms with Crippen molar-refractivity contribution in [2.75, 3.05) is 5.32 Å². The zero-order valence-electron chi connectivity index (χ0n) is 10.1. The molecule has 2 N–H and O–H groups in total. The number of anilines is 1. The first-order valence-electron chi connectivity index (χ1n) is 5.63. The lowest BCUT2D eigenvalue weighted by Gasteiger charge is -2.11. The van der Waals surface area contributed by atoms with E-state index in [1.165, 1.54) is 12.1 Å². The summed E-state index contributed by atoms with van der Waals surface area (Å²) in [4.78, 5) is 10.2. The van der Waals surface area contributed by atoms with Gasteiger partial charge in [-0.1, -0.05) is 17.7 Å². The monoisotopic (exact) mass is 356 g/mol. The Morgan fingerprint density at radius 3 is 2.70 bits per heavy atom. The molecule has 0 aliphatic heterocycles. The van der Waals surface area contributed by atoms with Gasteiger partial charge in [-0.25, -0.2) is 0 Å². The number of non-ortho nitro benzene ring substituents is 1. The number of hydrogen-bond donors (Lipinski definition) is 2. The van der Waals surface area contributed by atoms with E-state index in [1.807, 2.05) is 0 Å². The fraction of sp³-hybridized carbons (Fsp3) is 0.0769. The average Bonchev–Trinajstić information content (AvgIpc) is 2.39. The van der Waals surface area contributed by atoms with Gasteiger partial charge in [-0.05, 0) is 34.1 Å². The van der Waals surface area contributed by atoms with Crippen molar-refractivity contribution in [2.24, 2.45) is 0 Å². The standard InChI is InChI=1S/C13H10BrClN2O3/c14-10-6-8(17(19)20)4-5-12(10)16-7-9-11(15)2-1-3-13(9)18/h1-6,16,18H,7H2. The zero-order chi connectivity index (χ0) is 14.7. The lowest BCUT2D eigenvalue weighted by molar-refractivity contribution is -0.384. The molecule has 2 rings (SSSR count). The predicted molar refractivity (Wildman–Crippen MR) is 81.2 cm³/mol. The number of halogens is 2. The van der Waals surface area contributed by atoms with E-state index in [0.717, 1.165) is 0 Å². The van der Waals surface area contributed by atoms with Crippen molar-refractivity contribution in [2.45, 2.75) is 6.54 Å². The second-order valence-corrected chi connectivity index (χ2v) is 5.27. The van der Waals surface area contributed by atoms with Crippen molar-refractivity contribution in [3.05, 3.63) is 61.6 Å². The Balaban J connectivity index is 2.17. The highest BCUT2D eigenvalue weighted by molar-refractivity contribution is 9.10. The van der Waals surface area contributed by atoms with E-state index < -0.39 is 4.92 Å². The van der Waals surface area contributed by atoms with Gasteiger partial charge in [0.15, 0.2) is 0 Å². The summed E-state index contributed by atoms with van der Waals surface area (Å²) in [7, 11) is 0. The molecule has 0 unspecified atom stereocenters. The largest absolute Gasteiger partial charge is 0.508 e. The van der Waals surface area contributed by atoms with Crippen LogP contribution >= 0.6 is 27.5 Å². The number of phenolic OH excluding ortho intramolecular Hbond substituents is 1. The van der Waals surface area contributed by atoms with Crippen LogP contribution in [0.2, 0.25) is 5.02 Å². The van der Waals surface area contributed by atoms with Crippen LogP contribution in [0.5, 0.6) is 5.75 Å². The Morgan fingerprint density at radius 2 is 2.10 bits per heavy atom. The second kappa shape index (κ2) is 6.11. The van der Waals surface area contributed by atoms with Gasteiger partial charge in [0.05, 0.1) is 4.92 Å². The van der Waals surface area contributed by atoms with E-state index in [4.69, 9.17) is 11.6 Å². The number of nitro benzene ring substituents is 1. The molecule has 7 heteroatoms. The summed E-state index contributed by atoms with van der Waals surface area (Å²) in [5.41, 5.74) is 1.25. The van der Waals surface area contributed by atoms with Crippen LogP contribution in [-0.2, 0) is 6.54 Å². The maximum absolute atomic E-state index is 10.6. The Morgan fingerprint density at radius 1 is 1.35 bits per heavy atom. The fourth-order valence-corrected chi connectivity index (χ4v) is 2.41. The minimum Gasteiger partial charge on any atom is -0.508 e. The van der Waals surface area contributed by atoms with Crippen molar-refractivity contribution < 1.29 is 10.0 Å². The Labute approximate surface area is 128 Å². The molecule has 0 saturated heterocycles. The third-order valence-corrected chi connectivity index (χ3v) is 3.72. The highest BCUT2D eigenvalue weighted by atomic mass is 79.9. The van der Waals surface area contributed by atoms with Crippen LogP contribution in [0.15, 0.2) is 40.9 Å². The van der Waals surface area contributed by atoms with Gasteiger partial charge in [-0.2, -0.15) is 0 Å². The van der Waals surface area contributed by atoms with Gasteiger partial charge in [-0.15, -0.1) is 0 Å². The molecule has 20 heavy (non-hydrogen) atoms. The van der Waals surface area contributed by atoms with E-state index in [0.29, 0.717) is 27.3 Å². The van der Waals surface area contributed by atoms with Crippen LogP contribution in [0.25, 0.3) is 0 Å². The Hall–Kier alpha value is -1.79. The summed E-state index contributed by atoms with van der Waals surface area (Å²) in [6.45, 7) is 0.307. The quantitative estimate of drug-likeness (QED) is 0.631. The maximum atomic E-state index is 10.6. The van der Waals surface area contributed by atoms with Crippen molar-refractivity contribution in [1.82, 2.24) is 0 Å². The van der Waals surface area contributed by atoms with E-state index in [-0.39, 0.29) is 11.4 Å². The number of aromatic hydroxyl groups is 1. The molecular formula is C13H10BrClN2O3. The fourth-order valence-electron chi connectivity index (χ4n) is 1.67. The smallest absolute Gasteiger partial charge is 0.270 e. The molecule has 0 atom stereocenters. The summed E-state index contributed by atoms with van der Waals surface area (Å²) in [6, 6.07) is 9.30. The Bertz CT molecular complexity index is 644. The molecule has 2 aromatic rings. The van der Waals surface area contributed by atoms with Crippen molar-refractivity contribution in [1.29, 1.82) is 0 Å². The molecule has 2 aromatic carbocycles. The minimum absolute atomic E-state index is 0.00279. The third kappa shape index (κ3) is 3.20. The second-order valence-electron chi connectivity index (χ2n) is 4.01. The van der Waals surface area contributed by atoms with Crippen LogP contribution < -0.4 is 5.32 Å². The van der Waals surface area contributed by atoms with Gasteiger partial charge >= 0.3 is 0 Å². The first kappa shape index (κ1) is 14.6. The number of nitrogens with zero attached hydrogens (tertiary/aromatic N) is 1. The summed E-state index contributed by atoms with van der Waals surface area (Å²) in [5, 5.41) is 23.9. The molecule has 0 heterocycles. The summed E-state index contributed by atoms with van der Waals surface area (Å²) in [6.07, 6.45) is 0. The van der Waals surface area contributed by atoms with Crippen LogP contribution in [0, 0.1) is 10.1 Å². The molecule has 0 fully saturated rings. The van der Waals surface area contributed by atoms with Gasteiger partial charge < -0.3 is 10.4 Å². The molecule has 0 aromatic heterocycles. The van der Waals surface area contributed by atoms with E-state index in [1.54, 1.807) is 24.3 Å². The minimum atomic E-state index is -0.464. The molecule has 0 radical (unpaired) electrons. The highest BCUT2D eigenvalue weighted by Gasteiger charge is 2.10. The number of phenols is 1. The van der Waals surface area contributed by atoms with Gasteiger partial charge in [0, 0.05) is 39.4 Å². The first-order chi connectivity index (χ1) is 9.49. The van der Waals surface area contributed by atoms with Gasteiger partial charge in [0.1, 0.15) is 5.75 Å². The van der Waals surface area contributed by atoms with E-state index in [9.17, 15) is 15.2 Å². The number of nitro groups is 1. The summed E-state index contributed by atoms with van der Waals surface area (Å²) in [5.74, 6) is 0.100. The molecule has 0 saturated carbocycles. The topological polar surface area (TPSA) is 75.4 Å². The van der Waals surface area contributed by atoms with Crippen LogP contribution in [0.3, 0.4) is 0 Å². The average molecular weight is 358 g/mol. The van der Waals surface area contributed by atoms with Gasteiger partial charge in [-0.3, -0.25) is 10.1 Å². The normalized spacial score (nSPS) is 10.3. The summed E-state index contributed by atoms with van der Waals surface area (Å²) < 4.78 is 0.568. The zero-order valence-corrected chi connectivity index (χ0v) is 12.5. The predicted octanol–water partition coefficient (Wildman–Crippen LogP) is 4.33. The lowest BCUT2D eigenvalue weighted by Crippen LogP contribution is -2.01. The lowest BCUT2D eigenvalue weighted by atomic mass is 10.2. The molecule has 0 aliphatic rings. The molecular weight excluding hydrogens is 348 g/mol. The molecule has 5 nitrogen and oxygen atoms in total. The van der Waals surface area contributed by atoms with Crippen molar-refractivity contribution in [3.63, 3.8) is 0 Å². The maximum Gasteiger partial charge on any atom is 0.270 e. The number of nitrogens with one attached hydrogen (secondary N) is 1.